The fourth-order valence-electron chi connectivity index (χ4n) is 3.77. The lowest BCUT2D eigenvalue weighted by Gasteiger charge is -2.34. The summed E-state index contributed by atoms with van der Waals surface area (Å²) >= 11 is 1.65. The number of fused-ring (bicyclic) bond motifs is 1. The van der Waals surface area contributed by atoms with E-state index in [1.165, 1.54) is 0 Å². The first kappa shape index (κ1) is 20.3. The summed E-state index contributed by atoms with van der Waals surface area (Å²) in [5, 5.41) is 0.980. The smallest absolute Gasteiger partial charge is 0.257 e. The van der Waals surface area contributed by atoms with Gasteiger partial charge >= 0.3 is 0 Å². The van der Waals surface area contributed by atoms with E-state index in [0.29, 0.717) is 30.2 Å². The Kier molecular flexibility index (Phi) is 5.64. The van der Waals surface area contributed by atoms with Gasteiger partial charge in [0.1, 0.15) is 17.2 Å². The van der Waals surface area contributed by atoms with Crippen molar-refractivity contribution in [3.05, 3.63) is 78.4 Å². The molecular formula is C25H23N3O3S. The van der Waals surface area contributed by atoms with Crippen molar-refractivity contribution in [2.24, 2.45) is 0 Å². The first-order valence-electron chi connectivity index (χ1n) is 10.5. The molecule has 0 N–H and O–H groups in total. The third-order valence-electron chi connectivity index (χ3n) is 5.51. The minimum Gasteiger partial charge on any atom is -0.497 e. The summed E-state index contributed by atoms with van der Waals surface area (Å²) in [6, 6.07) is 22.9. The number of para-hydroxylation sites is 2. The van der Waals surface area contributed by atoms with Crippen LogP contribution >= 0.6 is 11.3 Å². The molecule has 1 aromatic heterocycles. The van der Waals surface area contributed by atoms with Crippen molar-refractivity contribution < 1.29 is 14.3 Å². The van der Waals surface area contributed by atoms with Crippen LogP contribution in [0.15, 0.2) is 72.8 Å². The van der Waals surface area contributed by atoms with E-state index in [4.69, 9.17) is 14.5 Å². The maximum absolute atomic E-state index is 13.3. The maximum atomic E-state index is 13.3. The van der Waals surface area contributed by atoms with E-state index in [0.717, 1.165) is 34.2 Å². The highest BCUT2D eigenvalue weighted by Crippen LogP contribution is 2.32. The summed E-state index contributed by atoms with van der Waals surface area (Å²) in [5.74, 6) is 2.11. The van der Waals surface area contributed by atoms with Gasteiger partial charge in [0.05, 0.1) is 22.9 Å². The van der Waals surface area contributed by atoms with E-state index in [1.807, 2.05) is 77.7 Å². The van der Waals surface area contributed by atoms with Gasteiger partial charge in [-0.1, -0.05) is 41.7 Å². The molecule has 6 nitrogen and oxygen atoms in total. The molecule has 0 unspecified atom stereocenters. The number of thiazole rings is 1. The molecule has 0 radical (unpaired) electrons. The van der Waals surface area contributed by atoms with Gasteiger partial charge in [0, 0.05) is 26.2 Å². The highest BCUT2D eigenvalue weighted by Gasteiger charge is 2.26. The molecule has 162 valence electrons. The second-order valence-electron chi connectivity index (χ2n) is 7.52. The van der Waals surface area contributed by atoms with Crippen molar-refractivity contribution >= 4 is 32.6 Å². The van der Waals surface area contributed by atoms with Crippen molar-refractivity contribution in [3.8, 4) is 17.2 Å². The van der Waals surface area contributed by atoms with Crippen molar-refractivity contribution in [3.63, 3.8) is 0 Å². The third-order valence-corrected chi connectivity index (χ3v) is 6.59. The number of aromatic nitrogens is 1. The van der Waals surface area contributed by atoms with Gasteiger partial charge in [-0.3, -0.25) is 4.79 Å². The quantitative estimate of drug-likeness (QED) is 0.430. The number of carbonyl (C=O) groups excluding carboxylic acids is 1. The normalized spacial score (nSPS) is 13.9. The first-order valence-corrected chi connectivity index (χ1v) is 11.3. The van der Waals surface area contributed by atoms with Crippen molar-refractivity contribution in [1.82, 2.24) is 9.88 Å². The molecule has 1 aliphatic rings. The van der Waals surface area contributed by atoms with Gasteiger partial charge < -0.3 is 19.3 Å². The number of ether oxygens (including phenoxy) is 2. The Hall–Kier alpha value is -3.58. The van der Waals surface area contributed by atoms with Gasteiger partial charge in [-0.05, 0) is 42.5 Å². The monoisotopic (exact) mass is 445 g/mol. The van der Waals surface area contributed by atoms with E-state index in [1.54, 1.807) is 18.4 Å². The molecule has 3 aromatic carbocycles. The Morgan fingerprint density at radius 2 is 1.66 bits per heavy atom. The molecule has 4 aromatic rings. The zero-order chi connectivity index (χ0) is 21.9. The molecule has 1 fully saturated rings. The van der Waals surface area contributed by atoms with E-state index in [-0.39, 0.29) is 5.91 Å². The molecule has 1 aliphatic heterocycles. The lowest BCUT2D eigenvalue weighted by molar-refractivity contribution is 0.0744. The van der Waals surface area contributed by atoms with Crippen LogP contribution in [0.1, 0.15) is 10.4 Å². The first-order chi connectivity index (χ1) is 15.7. The van der Waals surface area contributed by atoms with E-state index in [9.17, 15) is 4.79 Å². The number of amides is 1. The van der Waals surface area contributed by atoms with Crippen LogP contribution in [0.5, 0.6) is 17.2 Å². The summed E-state index contributed by atoms with van der Waals surface area (Å²) < 4.78 is 12.4. The van der Waals surface area contributed by atoms with Crippen LogP contribution in [-0.2, 0) is 0 Å². The molecule has 0 bridgehead atoms. The number of rotatable bonds is 5. The summed E-state index contributed by atoms with van der Waals surface area (Å²) in [6.45, 7) is 2.75. The molecule has 1 saturated heterocycles. The van der Waals surface area contributed by atoms with Gasteiger partial charge in [-0.2, -0.15) is 0 Å². The largest absolute Gasteiger partial charge is 0.497 e. The minimum atomic E-state index is -0.00906. The standard InChI is InChI=1S/C25H23N3O3S/c1-30-19-11-12-21-23(17-19)32-25(26-21)28-15-13-27(14-16-28)24(29)20-9-5-6-10-22(20)31-18-7-3-2-4-8-18/h2-12,17H,13-16H2,1H3. The molecule has 0 spiro atoms. The number of piperazine rings is 1. The molecule has 2 heterocycles. The SMILES string of the molecule is COc1ccc2nc(N3CCN(C(=O)c4ccccc4Oc4ccccc4)CC3)sc2c1. The lowest BCUT2D eigenvalue weighted by Crippen LogP contribution is -2.48. The van der Waals surface area contributed by atoms with Gasteiger partial charge in [0.2, 0.25) is 0 Å². The number of nitrogens with zero attached hydrogens (tertiary/aromatic N) is 3. The van der Waals surface area contributed by atoms with Crippen LogP contribution in [0.4, 0.5) is 5.13 Å². The van der Waals surface area contributed by atoms with E-state index >= 15 is 0 Å². The molecule has 0 aliphatic carbocycles. The molecular weight excluding hydrogens is 422 g/mol. The maximum Gasteiger partial charge on any atom is 0.257 e. The van der Waals surface area contributed by atoms with Gasteiger partial charge in [-0.25, -0.2) is 4.98 Å². The number of hydrogen-bond donors (Lipinski definition) is 0. The van der Waals surface area contributed by atoms with E-state index in [2.05, 4.69) is 4.90 Å². The summed E-state index contributed by atoms with van der Waals surface area (Å²) in [7, 11) is 1.67. The third kappa shape index (κ3) is 4.11. The summed E-state index contributed by atoms with van der Waals surface area (Å²) in [5.41, 5.74) is 1.55. The van der Waals surface area contributed by atoms with Crippen molar-refractivity contribution in [2.45, 2.75) is 0 Å². The zero-order valence-corrected chi connectivity index (χ0v) is 18.5. The lowest BCUT2D eigenvalue weighted by atomic mass is 10.1. The fraction of sp³-hybridized carbons (Fsp3) is 0.200. The molecule has 32 heavy (non-hydrogen) atoms. The van der Waals surface area contributed by atoms with Crippen LogP contribution in [0.3, 0.4) is 0 Å². The Labute approximate surface area is 190 Å². The number of hydrogen-bond acceptors (Lipinski definition) is 6. The molecule has 7 heteroatoms. The number of carbonyl (C=O) groups is 1. The molecule has 0 atom stereocenters. The zero-order valence-electron chi connectivity index (χ0n) is 17.7. The molecule has 0 saturated carbocycles. The van der Waals surface area contributed by atoms with Crippen molar-refractivity contribution in [1.29, 1.82) is 0 Å². The number of methoxy groups -OCH3 is 1. The second kappa shape index (κ2) is 8.88. The minimum absolute atomic E-state index is 0.00906. The van der Waals surface area contributed by atoms with E-state index < -0.39 is 0 Å². The van der Waals surface area contributed by atoms with Crippen LogP contribution in [0.2, 0.25) is 0 Å². The Bertz CT molecular complexity index is 1230. The average Bonchev–Trinajstić information content (AvgIpc) is 3.28. The van der Waals surface area contributed by atoms with Crippen LogP contribution in [0, 0.1) is 0 Å². The Balaban J connectivity index is 1.28. The van der Waals surface area contributed by atoms with Gasteiger partial charge in [-0.15, -0.1) is 0 Å². The predicted molar refractivity (Wildman–Crippen MR) is 127 cm³/mol. The van der Waals surface area contributed by atoms with Crippen LogP contribution in [-0.4, -0.2) is 49.1 Å². The summed E-state index contributed by atoms with van der Waals surface area (Å²) in [4.78, 5) is 22.2. The molecule has 1 amide bonds. The van der Waals surface area contributed by atoms with Crippen LogP contribution < -0.4 is 14.4 Å². The predicted octanol–water partition coefficient (Wildman–Crippen LogP) is 5.06. The fourth-order valence-corrected chi connectivity index (χ4v) is 4.82. The number of benzene rings is 3. The van der Waals surface area contributed by atoms with Crippen LogP contribution in [0.25, 0.3) is 10.2 Å². The highest BCUT2D eigenvalue weighted by molar-refractivity contribution is 7.22. The molecule has 5 rings (SSSR count). The Morgan fingerprint density at radius 3 is 2.44 bits per heavy atom. The highest BCUT2D eigenvalue weighted by atomic mass is 32.1. The van der Waals surface area contributed by atoms with Gasteiger partial charge in [0.15, 0.2) is 5.13 Å². The van der Waals surface area contributed by atoms with Crippen molar-refractivity contribution in [2.75, 3.05) is 38.2 Å². The summed E-state index contributed by atoms with van der Waals surface area (Å²) in [6.07, 6.45) is 0. The number of anilines is 1. The average molecular weight is 446 g/mol. The van der Waals surface area contributed by atoms with Gasteiger partial charge in [0.25, 0.3) is 5.91 Å². The topological polar surface area (TPSA) is 54.9 Å². The second-order valence-corrected chi connectivity index (χ2v) is 8.53. The Morgan fingerprint density at radius 1 is 0.906 bits per heavy atom.